The van der Waals surface area contributed by atoms with Crippen LogP contribution >= 0.6 is 0 Å². The number of carbonyl (C=O) groups excluding carboxylic acids is 1. The number of methoxy groups -OCH3 is 1. The molecule has 2 rings (SSSR count). The average molecular weight is 236 g/mol. The molecule has 2 aliphatic rings. The minimum atomic E-state index is -0.907. The zero-order chi connectivity index (χ0) is 12.5. The maximum atomic E-state index is 11.8. The third kappa shape index (κ3) is 2.04. The zero-order valence-corrected chi connectivity index (χ0v) is 10.3. The quantitative estimate of drug-likeness (QED) is 0.590. The van der Waals surface area contributed by atoms with Crippen LogP contribution in [0.25, 0.3) is 0 Å². The Morgan fingerprint density at radius 2 is 2.41 bits per heavy atom. The molecule has 3 nitrogen and oxygen atoms in total. The van der Waals surface area contributed by atoms with Crippen LogP contribution in [0.15, 0.2) is 24.3 Å². The first-order valence-corrected chi connectivity index (χ1v) is 6.26. The molecule has 1 fully saturated rings. The van der Waals surface area contributed by atoms with Gasteiger partial charge in [0.2, 0.25) is 0 Å². The molecule has 0 spiro atoms. The molecule has 3 atom stereocenters. The zero-order valence-electron chi connectivity index (χ0n) is 10.3. The summed E-state index contributed by atoms with van der Waals surface area (Å²) in [4.78, 5) is 11.8. The van der Waals surface area contributed by atoms with Gasteiger partial charge >= 0.3 is 5.97 Å². The number of allylic oxidation sites excluding steroid dienone is 1. The van der Waals surface area contributed by atoms with Gasteiger partial charge in [-0.25, -0.2) is 0 Å². The van der Waals surface area contributed by atoms with Gasteiger partial charge in [-0.3, -0.25) is 4.79 Å². The van der Waals surface area contributed by atoms with Crippen molar-refractivity contribution in [3.63, 3.8) is 0 Å². The molecule has 1 N–H and O–H groups in total. The summed E-state index contributed by atoms with van der Waals surface area (Å²) in [7, 11) is 1.43. The van der Waals surface area contributed by atoms with E-state index in [9.17, 15) is 9.90 Å². The van der Waals surface area contributed by atoms with E-state index in [4.69, 9.17) is 4.74 Å². The second-order valence-electron chi connectivity index (χ2n) is 4.99. The number of esters is 1. The largest absolute Gasteiger partial charge is 0.469 e. The van der Waals surface area contributed by atoms with Crippen LogP contribution in [0.1, 0.15) is 32.1 Å². The van der Waals surface area contributed by atoms with Crippen molar-refractivity contribution in [2.24, 2.45) is 11.8 Å². The molecule has 0 aliphatic heterocycles. The highest BCUT2D eigenvalue weighted by Gasteiger charge is 2.44. The van der Waals surface area contributed by atoms with Crippen LogP contribution in [0, 0.1) is 11.8 Å². The van der Waals surface area contributed by atoms with Crippen LogP contribution in [0.2, 0.25) is 0 Å². The number of aliphatic hydroxyl groups is 1. The van der Waals surface area contributed by atoms with E-state index in [0.29, 0.717) is 6.42 Å². The molecule has 0 heterocycles. The van der Waals surface area contributed by atoms with Gasteiger partial charge < -0.3 is 9.84 Å². The molecule has 0 bridgehead atoms. The molecular formula is C14H20O3. The SMILES string of the molecule is C=C[C@@]1(O)CCC[C@H]2C1=CCC[C@H]2C(=O)OC. The molecule has 94 valence electrons. The molecule has 3 heteroatoms. The van der Waals surface area contributed by atoms with E-state index in [1.807, 2.05) is 0 Å². The van der Waals surface area contributed by atoms with Crippen molar-refractivity contribution in [2.75, 3.05) is 7.11 Å². The fraction of sp³-hybridized carbons (Fsp3) is 0.643. The van der Waals surface area contributed by atoms with Gasteiger partial charge in [-0.2, -0.15) is 0 Å². The van der Waals surface area contributed by atoms with E-state index in [1.165, 1.54) is 7.11 Å². The molecule has 0 aromatic heterocycles. The lowest BCUT2D eigenvalue weighted by atomic mass is 9.65. The highest BCUT2D eigenvalue weighted by Crippen LogP contribution is 2.46. The summed E-state index contributed by atoms with van der Waals surface area (Å²) in [6, 6.07) is 0. The van der Waals surface area contributed by atoms with Crippen LogP contribution in [0.3, 0.4) is 0 Å². The minimum Gasteiger partial charge on any atom is -0.469 e. The van der Waals surface area contributed by atoms with Crippen LogP contribution in [-0.4, -0.2) is 23.8 Å². The summed E-state index contributed by atoms with van der Waals surface area (Å²) in [6.45, 7) is 3.73. The van der Waals surface area contributed by atoms with Gasteiger partial charge in [0.25, 0.3) is 0 Å². The Balaban J connectivity index is 2.29. The van der Waals surface area contributed by atoms with Crippen molar-refractivity contribution in [3.05, 3.63) is 24.3 Å². The first kappa shape index (κ1) is 12.4. The standard InChI is InChI=1S/C14H20O3/c1-3-14(16)9-5-7-10-11(13(15)17-2)6-4-8-12(10)14/h3,8,10-11,16H,1,4-7,9H2,2H3/t10-,11-,14-/m1/s1. The minimum absolute atomic E-state index is 0.0909. The maximum absolute atomic E-state index is 11.8. The van der Waals surface area contributed by atoms with E-state index >= 15 is 0 Å². The predicted molar refractivity (Wildman–Crippen MR) is 65.3 cm³/mol. The Kier molecular flexibility index (Phi) is 3.38. The van der Waals surface area contributed by atoms with Crippen LogP contribution in [0.5, 0.6) is 0 Å². The van der Waals surface area contributed by atoms with Crippen molar-refractivity contribution in [1.82, 2.24) is 0 Å². The molecule has 0 aromatic carbocycles. The van der Waals surface area contributed by atoms with Crippen molar-refractivity contribution in [2.45, 2.75) is 37.7 Å². The summed E-state index contributed by atoms with van der Waals surface area (Å²) in [6.07, 6.45) is 7.97. The van der Waals surface area contributed by atoms with Gasteiger partial charge in [0, 0.05) is 0 Å². The van der Waals surface area contributed by atoms with Crippen molar-refractivity contribution in [1.29, 1.82) is 0 Å². The number of fused-ring (bicyclic) bond motifs is 1. The van der Waals surface area contributed by atoms with Gasteiger partial charge in [-0.15, -0.1) is 0 Å². The van der Waals surface area contributed by atoms with Gasteiger partial charge in [0.05, 0.1) is 13.0 Å². The molecule has 2 aliphatic carbocycles. The summed E-state index contributed by atoms with van der Waals surface area (Å²) in [5.41, 5.74) is 0.0793. The third-order valence-electron chi connectivity index (χ3n) is 4.14. The number of rotatable bonds is 2. The Hall–Kier alpha value is -1.09. The molecular weight excluding hydrogens is 216 g/mol. The normalized spacial score (nSPS) is 36.7. The van der Waals surface area contributed by atoms with Crippen LogP contribution < -0.4 is 0 Å². The van der Waals surface area contributed by atoms with E-state index in [-0.39, 0.29) is 17.8 Å². The lowest BCUT2D eigenvalue weighted by molar-refractivity contribution is -0.148. The molecule has 17 heavy (non-hydrogen) atoms. The van der Waals surface area contributed by atoms with Gasteiger partial charge in [-0.05, 0) is 43.6 Å². The van der Waals surface area contributed by atoms with E-state index < -0.39 is 5.60 Å². The topological polar surface area (TPSA) is 46.5 Å². The molecule has 0 saturated heterocycles. The second-order valence-corrected chi connectivity index (χ2v) is 4.99. The first-order valence-electron chi connectivity index (χ1n) is 6.26. The summed E-state index contributed by atoms with van der Waals surface area (Å²) < 4.78 is 4.87. The Morgan fingerprint density at radius 1 is 1.65 bits per heavy atom. The fourth-order valence-electron chi connectivity index (χ4n) is 3.23. The monoisotopic (exact) mass is 236 g/mol. The highest BCUT2D eigenvalue weighted by atomic mass is 16.5. The maximum Gasteiger partial charge on any atom is 0.309 e. The number of hydrogen-bond acceptors (Lipinski definition) is 3. The van der Waals surface area contributed by atoms with Crippen molar-refractivity contribution < 1.29 is 14.6 Å². The molecule has 1 saturated carbocycles. The lowest BCUT2D eigenvalue weighted by Gasteiger charge is -2.42. The second kappa shape index (κ2) is 4.65. The molecule has 0 radical (unpaired) electrons. The van der Waals surface area contributed by atoms with E-state index in [0.717, 1.165) is 31.3 Å². The predicted octanol–water partition coefficient (Wildman–Crippen LogP) is 2.21. The van der Waals surface area contributed by atoms with Crippen molar-refractivity contribution in [3.8, 4) is 0 Å². The van der Waals surface area contributed by atoms with E-state index in [2.05, 4.69) is 12.7 Å². The third-order valence-corrected chi connectivity index (χ3v) is 4.14. The van der Waals surface area contributed by atoms with Gasteiger partial charge in [0.15, 0.2) is 0 Å². The summed E-state index contributed by atoms with van der Waals surface area (Å²) >= 11 is 0. The lowest BCUT2D eigenvalue weighted by Crippen LogP contribution is -2.42. The van der Waals surface area contributed by atoms with Crippen molar-refractivity contribution >= 4 is 5.97 Å². The van der Waals surface area contributed by atoms with Gasteiger partial charge in [0.1, 0.15) is 5.60 Å². The van der Waals surface area contributed by atoms with Crippen LogP contribution in [0.4, 0.5) is 0 Å². The first-order chi connectivity index (χ1) is 8.12. The Morgan fingerprint density at radius 3 is 3.06 bits per heavy atom. The fourth-order valence-corrected chi connectivity index (χ4v) is 3.23. The van der Waals surface area contributed by atoms with E-state index in [1.54, 1.807) is 6.08 Å². The Labute approximate surface area is 102 Å². The van der Waals surface area contributed by atoms with Crippen LogP contribution in [-0.2, 0) is 9.53 Å². The molecule has 0 amide bonds. The smallest absolute Gasteiger partial charge is 0.309 e. The number of hydrogen-bond donors (Lipinski definition) is 1. The number of ether oxygens (including phenoxy) is 1. The number of carbonyl (C=O) groups is 1. The average Bonchev–Trinajstić information content (AvgIpc) is 2.38. The summed E-state index contributed by atoms with van der Waals surface area (Å²) in [5, 5.41) is 10.5. The summed E-state index contributed by atoms with van der Waals surface area (Å²) in [5.74, 6) is -0.103. The van der Waals surface area contributed by atoms with Gasteiger partial charge in [-0.1, -0.05) is 18.7 Å². The molecule has 0 unspecified atom stereocenters. The molecule has 0 aromatic rings. The highest BCUT2D eigenvalue weighted by molar-refractivity contribution is 5.73. The Bertz CT molecular complexity index is 358.